The fraction of sp³-hybridized carbons (Fsp3) is 0.778. The highest BCUT2D eigenvalue weighted by molar-refractivity contribution is 7.80. The van der Waals surface area contributed by atoms with Crippen molar-refractivity contribution in [1.82, 2.24) is 15.0 Å². The van der Waals surface area contributed by atoms with Crippen LogP contribution < -0.4 is 0 Å². The molecule has 0 aliphatic heterocycles. The zero-order valence-electron chi connectivity index (χ0n) is 8.00. The highest BCUT2D eigenvalue weighted by Gasteiger charge is 2.30. The maximum Gasteiger partial charge on any atom is 0.0850 e. The standard InChI is InChI=1S/C9H15N3OS/c13-2-1-8-5-12(11-10-8)9-3-7(4-9)6-14/h5,7,9,13-14H,1-4,6H2. The van der Waals surface area contributed by atoms with Crippen molar-refractivity contribution < 1.29 is 5.11 Å². The molecular weight excluding hydrogens is 198 g/mol. The average Bonchev–Trinajstić information content (AvgIpc) is 2.52. The van der Waals surface area contributed by atoms with Gasteiger partial charge >= 0.3 is 0 Å². The lowest BCUT2D eigenvalue weighted by atomic mass is 9.82. The molecule has 0 bridgehead atoms. The average molecular weight is 213 g/mol. The molecule has 0 radical (unpaired) electrons. The Kier molecular flexibility index (Phi) is 3.08. The van der Waals surface area contributed by atoms with Gasteiger partial charge in [0.15, 0.2) is 0 Å². The van der Waals surface area contributed by atoms with Gasteiger partial charge in [-0.2, -0.15) is 12.6 Å². The van der Waals surface area contributed by atoms with Gasteiger partial charge in [0.2, 0.25) is 0 Å². The van der Waals surface area contributed by atoms with Crippen LogP contribution in [0.2, 0.25) is 0 Å². The van der Waals surface area contributed by atoms with Gasteiger partial charge in [0.1, 0.15) is 0 Å². The van der Waals surface area contributed by atoms with E-state index in [0.29, 0.717) is 12.5 Å². The topological polar surface area (TPSA) is 50.9 Å². The van der Waals surface area contributed by atoms with Gasteiger partial charge < -0.3 is 5.11 Å². The fourth-order valence-corrected chi connectivity index (χ4v) is 2.08. The molecule has 78 valence electrons. The van der Waals surface area contributed by atoms with Gasteiger partial charge in [0.25, 0.3) is 0 Å². The zero-order valence-corrected chi connectivity index (χ0v) is 8.90. The van der Waals surface area contributed by atoms with Crippen molar-refractivity contribution in [2.45, 2.75) is 25.3 Å². The minimum atomic E-state index is 0.141. The van der Waals surface area contributed by atoms with Gasteiger partial charge in [-0.25, -0.2) is 4.68 Å². The molecule has 5 heteroatoms. The summed E-state index contributed by atoms with van der Waals surface area (Å²) in [7, 11) is 0. The Hall–Kier alpha value is -0.550. The van der Waals surface area contributed by atoms with Gasteiger partial charge in [0, 0.05) is 19.2 Å². The first kappa shape index (κ1) is 9.98. The maximum absolute atomic E-state index is 8.73. The number of hydrogen-bond acceptors (Lipinski definition) is 4. The first-order valence-electron chi connectivity index (χ1n) is 4.96. The highest BCUT2D eigenvalue weighted by Crippen LogP contribution is 2.37. The van der Waals surface area contributed by atoms with Gasteiger partial charge in [-0.05, 0) is 24.5 Å². The monoisotopic (exact) mass is 213 g/mol. The molecule has 1 aromatic heterocycles. The van der Waals surface area contributed by atoms with Crippen molar-refractivity contribution in [1.29, 1.82) is 0 Å². The predicted molar refractivity (Wildman–Crippen MR) is 56.4 cm³/mol. The van der Waals surface area contributed by atoms with Crippen LogP contribution in [0.3, 0.4) is 0 Å². The van der Waals surface area contributed by atoms with Crippen LogP contribution in [-0.4, -0.2) is 32.5 Å². The Morgan fingerprint density at radius 2 is 2.36 bits per heavy atom. The molecule has 1 N–H and O–H groups in total. The van der Waals surface area contributed by atoms with Crippen molar-refractivity contribution in [3.05, 3.63) is 11.9 Å². The molecule has 2 rings (SSSR count). The normalized spacial score (nSPS) is 26.1. The van der Waals surface area contributed by atoms with Gasteiger partial charge in [-0.1, -0.05) is 5.21 Å². The summed E-state index contributed by atoms with van der Waals surface area (Å²) in [5.74, 6) is 1.71. The minimum Gasteiger partial charge on any atom is -0.396 e. The summed E-state index contributed by atoms with van der Waals surface area (Å²) in [6.07, 6.45) is 4.86. The van der Waals surface area contributed by atoms with E-state index in [9.17, 15) is 0 Å². The molecule has 1 fully saturated rings. The molecule has 0 amide bonds. The van der Waals surface area contributed by atoms with Crippen LogP contribution in [0.1, 0.15) is 24.6 Å². The summed E-state index contributed by atoms with van der Waals surface area (Å²) in [6.45, 7) is 0.141. The Morgan fingerprint density at radius 1 is 1.57 bits per heavy atom. The van der Waals surface area contributed by atoms with Crippen molar-refractivity contribution >= 4 is 12.6 Å². The van der Waals surface area contributed by atoms with Crippen LogP contribution in [0, 0.1) is 5.92 Å². The summed E-state index contributed by atoms with van der Waals surface area (Å²) in [6, 6.07) is 0.507. The molecule has 0 atom stereocenters. The van der Waals surface area contributed by atoms with E-state index in [-0.39, 0.29) is 6.61 Å². The molecule has 0 aromatic carbocycles. The Labute approximate surface area is 88.7 Å². The fourth-order valence-electron chi connectivity index (χ4n) is 1.79. The summed E-state index contributed by atoms with van der Waals surface area (Å²) in [5.41, 5.74) is 0.877. The summed E-state index contributed by atoms with van der Waals surface area (Å²) >= 11 is 4.26. The predicted octanol–water partition coefficient (Wildman–Crippen LogP) is 0.694. The first-order valence-corrected chi connectivity index (χ1v) is 5.59. The van der Waals surface area contributed by atoms with Crippen LogP contribution in [0.5, 0.6) is 0 Å². The zero-order chi connectivity index (χ0) is 9.97. The third-order valence-electron chi connectivity index (χ3n) is 2.77. The third kappa shape index (κ3) is 1.93. The smallest absolute Gasteiger partial charge is 0.0850 e. The number of nitrogens with zero attached hydrogens (tertiary/aromatic N) is 3. The molecule has 14 heavy (non-hydrogen) atoms. The van der Waals surface area contributed by atoms with E-state index < -0.39 is 0 Å². The van der Waals surface area contributed by atoms with Gasteiger partial charge in [-0.3, -0.25) is 0 Å². The van der Waals surface area contributed by atoms with E-state index in [4.69, 9.17) is 5.11 Å². The van der Waals surface area contributed by atoms with E-state index in [0.717, 1.165) is 30.2 Å². The Morgan fingerprint density at radius 3 is 3.00 bits per heavy atom. The van der Waals surface area contributed by atoms with Gasteiger partial charge in [0.05, 0.1) is 11.7 Å². The minimum absolute atomic E-state index is 0.141. The summed E-state index contributed by atoms with van der Waals surface area (Å²) in [5, 5.41) is 16.8. The van der Waals surface area contributed by atoms with E-state index in [1.807, 2.05) is 10.9 Å². The van der Waals surface area contributed by atoms with E-state index >= 15 is 0 Å². The van der Waals surface area contributed by atoms with Crippen LogP contribution in [-0.2, 0) is 6.42 Å². The maximum atomic E-state index is 8.73. The molecule has 0 spiro atoms. The number of aromatic nitrogens is 3. The van der Waals surface area contributed by atoms with Crippen molar-refractivity contribution in [3.8, 4) is 0 Å². The summed E-state index contributed by atoms with van der Waals surface area (Å²) in [4.78, 5) is 0. The number of rotatable bonds is 4. The molecule has 1 aliphatic rings. The quantitative estimate of drug-likeness (QED) is 0.724. The molecule has 4 nitrogen and oxygen atoms in total. The Balaban J connectivity index is 1.91. The number of aliphatic hydroxyl groups is 1. The SMILES string of the molecule is OCCc1cn(C2CC(CS)C2)nn1. The second kappa shape index (κ2) is 4.31. The second-order valence-corrected chi connectivity index (χ2v) is 4.20. The summed E-state index contributed by atoms with van der Waals surface area (Å²) < 4.78 is 1.92. The highest BCUT2D eigenvalue weighted by atomic mass is 32.1. The lowest BCUT2D eigenvalue weighted by Gasteiger charge is -2.33. The number of hydrogen-bond donors (Lipinski definition) is 2. The lowest BCUT2D eigenvalue weighted by Crippen LogP contribution is -2.28. The molecule has 0 unspecified atom stereocenters. The first-order chi connectivity index (χ1) is 6.83. The lowest BCUT2D eigenvalue weighted by molar-refractivity contribution is 0.202. The Bertz CT molecular complexity index is 296. The van der Waals surface area contributed by atoms with E-state index in [1.54, 1.807) is 0 Å². The van der Waals surface area contributed by atoms with Crippen LogP contribution >= 0.6 is 12.6 Å². The van der Waals surface area contributed by atoms with Crippen molar-refractivity contribution in [2.75, 3.05) is 12.4 Å². The van der Waals surface area contributed by atoms with Crippen molar-refractivity contribution in [3.63, 3.8) is 0 Å². The number of thiol groups is 1. The van der Waals surface area contributed by atoms with E-state index in [2.05, 4.69) is 22.9 Å². The van der Waals surface area contributed by atoms with Crippen LogP contribution in [0.25, 0.3) is 0 Å². The van der Waals surface area contributed by atoms with E-state index in [1.165, 1.54) is 0 Å². The largest absolute Gasteiger partial charge is 0.396 e. The molecule has 1 aromatic rings. The molecule has 1 saturated carbocycles. The van der Waals surface area contributed by atoms with Crippen molar-refractivity contribution in [2.24, 2.45) is 5.92 Å². The number of aliphatic hydroxyl groups excluding tert-OH is 1. The molecule has 1 aliphatic carbocycles. The third-order valence-corrected chi connectivity index (χ3v) is 3.29. The second-order valence-electron chi connectivity index (χ2n) is 3.84. The molecular formula is C9H15N3OS. The van der Waals surface area contributed by atoms with Crippen LogP contribution in [0.4, 0.5) is 0 Å². The van der Waals surface area contributed by atoms with Crippen LogP contribution in [0.15, 0.2) is 6.20 Å². The molecule has 0 saturated heterocycles. The molecule has 1 heterocycles. The van der Waals surface area contributed by atoms with Gasteiger partial charge in [-0.15, -0.1) is 5.10 Å².